The largest absolute Gasteiger partial charge is 0.364 e. The monoisotopic (exact) mass is 567 g/mol. The van der Waals surface area contributed by atoms with E-state index in [0.717, 1.165) is 29.8 Å². The smallest absolute Gasteiger partial charge is 0.227 e. The summed E-state index contributed by atoms with van der Waals surface area (Å²) in [5, 5.41) is 7.29. The van der Waals surface area contributed by atoms with E-state index in [2.05, 4.69) is 104 Å². The minimum atomic E-state index is 0.266. The lowest BCUT2D eigenvalue weighted by molar-refractivity contribution is 0.152. The molecule has 1 aliphatic carbocycles. The van der Waals surface area contributed by atoms with Gasteiger partial charge in [0.15, 0.2) is 17.0 Å². The van der Waals surface area contributed by atoms with Crippen LogP contribution in [0.3, 0.4) is 0 Å². The molecule has 1 fully saturated rings. The second-order valence-electron chi connectivity index (χ2n) is 12.4. The van der Waals surface area contributed by atoms with Gasteiger partial charge in [-0.1, -0.05) is 67.4 Å². The number of imidazole rings is 1. The predicted octanol–water partition coefficient (Wildman–Crippen LogP) is 8.15. The highest BCUT2D eigenvalue weighted by Gasteiger charge is 2.26. The zero-order chi connectivity index (χ0) is 29.6. The van der Waals surface area contributed by atoms with Crippen LogP contribution in [0.5, 0.6) is 0 Å². The Bertz CT molecular complexity index is 1420. The van der Waals surface area contributed by atoms with Crippen molar-refractivity contribution in [2.45, 2.75) is 105 Å². The Hall–Kier alpha value is -3.45. The average Bonchev–Trinajstić information content (AvgIpc) is 3.41. The highest BCUT2D eigenvalue weighted by molar-refractivity contribution is 5.84. The van der Waals surface area contributed by atoms with E-state index in [1.807, 2.05) is 6.33 Å². The highest BCUT2D eigenvalue weighted by atomic mass is 15.2. The van der Waals surface area contributed by atoms with Crippen LogP contribution in [-0.2, 0) is 6.54 Å². The molecule has 2 heterocycles. The number of hydrogen-bond acceptors (Lipinski definition) is 6. The summed E-state index contributed by atoms with van der Waals surface area (Å²) >= 11 is 0. The van der Waals surface area contributed by atoms with Crippen molar-refractivity contribution in [3.05, 3.63) is 65.5 Å². The third-order valence-electron chi connectivity index (χ3n) is 8.51. The fraction of sp³-hybridized carbons (Fsp3) is 0.514. The van der Waals surface area contributed by atoms with E-state index < -0.39 is 0 Å². The van der Waals surface area contributed by atoms with Crippen molar-refractivity contribution in [3.8, 4) is 11.1 Å². The molecule has 224 valence electrons. The number of nitrogens with zero attached hydrogens (tertiary/aromatic N) is 5. The van der Waals surface area contributed by atoms with E-state index in [9.17, 15) is 0 Å². The molecule has 0 aliphatic heterocycles. The molecule has 0 saturated heterocycles. The predicted molar refractivity (Wildman–Crippen MR) is 176 cm³/mol. The summed E-state index contributed by atoms with van der Waals surface area (Å²) in [5.74, 6) is 1.48. The van der Waals surface area contributed by atoms with Crippen molar-refractivity contribution in [2.75, 3.05) is 23.7 Å². The molecule has 2 N–H and O–H groups in total. The van der Waals surface area contributed by atoms with Crippen molar-refractivity contribution >= 4 is 22.9 Å². The maximum atomic E-state index is 4.97. The van der Waals surface area contributed by atoms with Crippen LogP contribution in [0.2, 0.25) is 0 Å². The summed E-state index contributed by atoms with van der Waals surface area (Å²) < 4.78 is 2.14. The molecule has 4 aromatic rings. The molecular weight excluding hydrogens is 518 g/mol. The quantitative estimate of drug-likeness (QED) is 0.180. The van der Waals surface area contributed by atoms with Crippen LogP contribution in [0, 0.1) is 13.8 Å². The molecule has 7 heteroatoms. The van der Waals surface area contributed by atoms with E-state index in [1.54, 1.807) is 0 Å². The second-order valence-corrected chi connectivity index (χ2v) is 12.4. The Balaban J connectivity index is 1.30. The number of benzene rings is 2. The van der Waals surface area contributed by atoms with Gasteiger partial charge in [-0.25, -0.2) is 4.98 Å². The molecule has 7 nitrogen and oxygen atoms in total. The van der Waals surface area contributed by atoms with Crippen LogP contribution < -0.4 is 10.6 Å². The maximum absolute atomic E-state index is 4.97. The van der Waals surface area contributed by atoms with Crippen molar-refractivity contribution in [1.29, 1.82) is 0 Å². The minimum absolute atomic E-state index is 0.266. The van der Waals surface area contributed by atoms with Gasteiger partial charge in [-0.15, -0.1) is 0 Å². The summed E-state index contributed by atoms with van der Waals surface area (Å²) in [7, 11) is 0. The molecule has 5 rings (SSSR count). The van der Waals surface area contributed by atoms with Gasteiger partial charge in [-0.3, -0.25) is 0 Å². The van der Waals surface area contributed by atoms with Gasteiger partial charge in [-0.2, -0.15) is 9.97 Å². The van der Waals surface area contributed by atoms with Gasteiger partial charge in [0.1, 0.15) is 0 Å². The van der Waals surface area contributed by atoms with Gasteiger partial charge in [0, 0.05) is 24.7 Å². The zero-order valence-electron chi connectivity index (χ0n) is 26.5. The number of fused-ring (bicyclic) bond motifs is 1. The van der Waals surface area contributed by atoms with Gasteiger partial charge in [0.25, 0.3) is 0 Å². The fourth-order valence-corrected chi connectivity index (χ4v) is 6.44. The van der Waals surface area contributed by atoms with Gasteiger partial charge in [0.2, 0.25) is 5.95 Å². The van der Waals surface area contributed by atoms with Gasteiger partial charge >= 0.3 is 0 Å². The molecule has 0 bridgehead atoms. The average molecular weight is 568 g/mol. The number of anilines is 2. The molecule has 0 radical (unpaired) electrons. The van der Waals surface area contributed by atoms with Crippen LogP contribution in [0.15, 0.2) is 48.8 Å². The third-order valence-corrected chi connectivity index (χ3v) is 8.51. The molecule has 2 aromatic carbocycles. The van der Waals surface area contributed by atoms with Crippen molar-refractivity contribution in [1.82, 2.24) is 24.4 Å². The molecule has 0 spiro atoms. The lowest BCUT2D eigenvalue weighted by Gasteiger charge is -2.37. The number of aryl methyl sites for hydroxylation is 2. The number of aromatic nitrogens is 4. The van der Waals surface area contributed by atoms with E-state index in [4.69, 9.17) is 15.0 Å². The van der Waals surface area contributed by atoms with Crippen molar-refractivity contribution < 1.29 is 0 Å². The maximum Gasteiger partial charge on any atom is 0.227 e. The van der Waals surface area contributed by atoms with Crippen LogP contribution in [0.1, 0.15) is 89.0 Å². The lowest BCUT2D eigenvalue weighted by Crippen LogP contribution is -2.41. The molecule has 1 saturated carbocycles. The second kappa shape index (κ2) is 13.7. The Morgan fingerprint density at radius 3 is 2.17 bits per heavy atom. The number of rotatable bonds is 12. The molecular formula is C35H49N7. The van der Waals surface area contributed by atoms with Crippen LogP contribution in [0.25, 0.3) is 22.3 Å². The molecule has 42 heavy (non-hydrogen) atoms. The Morgan fingerprint density at radius 1 is 0.881 bits per heavy atom. The topological polar surface area (TPSA) is 70.9 Å². The van der Waals surface area contributed by atoms with Gasteiger partial charge in [0.05, 0.1) is 6.33 Å². The first kappa shape index (κ1) is 30.0. The van der Waals surface area contributed by atoms with Crippen LogP contribution in [-0.4, -0.2) is 49.6 Å². The van der Waals surface area contributed by atoms with Crippen molar-refractivity contribution in [3.63, 3.8) is 0 Å². The molecule has 0 amide bonds. The van der Waals surface area contributed by atoms with E-state index in [0.29, 0.717) is 24.6 Å². The number of hydrogen-bond donors (Lipinski definition) is 2. The van der Waals surface area contributed by atoms with E-state index in [-0.39, 0.29) is 6.04 Å². The lowest BCUT2D eigenvalue weighted by atomic mass is 9.90. The number of nitrogens with one attached hydrogen (secondary N) is 2. The standard InChI is InChI=1S/C35H49N7/c1-7-17-41(18-8-2)31-15-13-30(14-16-31)38-35-39-33(32-34(40-35)42(23-37-32)24(3)4)36-22-27-9-11-28(12-10-27)29-20-25(5)19-26(6)21-29/h9-12,19-21,23-24,30-31H,7-8,13-18,22H2,1-6H3,(H2,36,38,39,40). The first-order valence-corrected chi connectivity index (χ1v) is 16.0. The Labute approximate surface area is 252 Å². The molecule has 0 atom stereocenters. The van der Waals surface area contributed by atoms with Crippen LogP contribution in [0.4, 0.5) is 11.8 Å². The summed E-state index contributed by atoms with van der Waals surface area (Å²) in [6, 6.07) is 16.9. The van der Waals surface area contributed by atoms with E-state index in [1.165, 1.54) is 66.6 Å². The Morgan fingerprint density at radius 2 is 1.55 bits per heavy atom. The Kier molecular flexibility index (Phi) is 9.78. The third kappa shape index (κ3) is 7.12. The van der Waals surface area contributed by atoms with Crippen molar-refractivity contribution in [2.24, 2.45) is 0 Å². The van der Waals surface area contributed by atoms with Gasteiger partial charge < -0.3 is 20.1 Å². The summed E-state index contributed by atoms with van der Waals surface area (Å²) in [6.07, 6.45) is 9.09. The van der Waals surface area contributed by atoms with Gasteiger partial charge in [-0.05, 0) is 96.0 Å². The normalized spacial score (nSPS) is 17.3. The minimum Gasteiger partial charge on any atom is -0.364 e. The zero-order valence-corrected chi connectivity index (χ0v) is 26.5. The fourth-order valence-electron chi connectivity index (χ4n) is 6.44. The van der Waals surface area contributed by atoms with Crippen LogP contribution >= 0.6 is 0 Å². The summed E-state index contributed by atoms with van der Waals surface area (Å²) in [4.78, 5) is 17.3. The molecule has 0 unspecified atom stereocenters. The highest BCUT2D eigenvalue weighted by Crippen LogP contribution is 2.29. The molecule has 1 aliphatic rings. The molecule has 2 aromatic heterocycles. The summed E-state index contributed by atoms with van der Waals surface area (Å²) in [5.41, 5.74) is 7.97. The summed E-state index contributed by atoms with van der Waals surface area (Å²) in [6.45, 7) is 16.3. The first-order chi connectivity index (χ1) is 20.3. The first-order valence-electron chi connectivity index (χ1n) is 16.0. The SMILES string of the molecule is CCCN(CCC)C1CCC(Nc2nc(NCc3ccc(-c4cc(C)cc(C)c4)cc3)c3ncn(C(C)C)c3n2)CC1. The van der Waals surface area contributed by atoms with E-state index >= 15 is 0 Å².